The second-order valence-corrected chi connectivity index (χ2v) is 27.0. The predicted molar refractivity (Wildman–Crippen MR) is 418 cm³/mol. The molecule has 38 heteroatoms. The van der Waals surface area contributed by atoms with Crippen molar-refractivity contribution in [2.24, 2.45) is 23.3 Å². The van der Waals surface area contributed by atoms with Gasteiger partial charge < -0.3 is 90.0 Å². The van der Waals surface area contributed by atoms with Crippen LogP contribution in [0.4, 0.5) is 0 Å². The van der Waals surface area contributed by atoms with Crippen LogP contribution in [0.2, 0.25) is 0 Å². The zero-order chi connectivity index (χ0) is 85.0. The molecule has 0 saturated carbocycles. The maximum absolute atomic E-state index is 12.9. The number of nitrogens with two attached hydrogens (primary N) is 2. The van der Waals surface area contributed by atoms with Gasteiger partial charge in [0.1, 0.15) is 58.2 Å². The van der Waals surface area contributed by atoms with E-state index in [1.165, 1.54) is 6.92 Å². The number of ether oxygens (including phenoxy) is 10. The third kappa shape index (κ3) is 71.2. The highest BCUT2D eigenvalue weighted by Gasteiger charge is 2.24. The predicted octanol–water partition coefficient (Wildman–Crippen LogP) is -0.264. The van der Waals surface area contributed by atoms with Crippen LogP contribution in [-0.4, -0.2) is 337 Å². The third-order valence-corrected chi connectivity index (χ3v) is 17.0. The molecule has 38 nitrogen and oxygen atoms in total. The molecule has 1 aliphatic rings. The lowest BCUT2D eigenvalue weighted by Gasteiger charge is -2.33. The number of rotatable bonds is 72. The van der Waals surface area contributed by atoms with Crippen molar-refractivity contribution in [2.45, 2.75) is 170 Å². The molecule has 6 amide bonds. The fourth-order valence-corrected chi connectivity index (χ4v) is 10.5. The maximum Gasteiger partial charge on any atom is 0.317 e. The van der Waals surface area contributed by atoms with Crippen molar-refractivity contribution in [1.29, 1.82) is 0 Å². The molecule has 1 saturated heterocycles. The highest BCUT2D eigenvalue weighted by molar-refractivity contribution is 5.87. The summed E-state index contributed by atoms with van der Waals surface area (Å²) in [6.07, 6.45) is 10.5. The SMILES string of the molecule is CCC(C)=O.CCCC[C@H](NCC(C)=O)C(N)=O.CCNC(=O)[C@H](CCCCNC(=O)CCCC(=O)NCCOCCOCC(=O)CNCOCCOCC(=O)CCCCCC(CC)C(N)=O)CC(=O)COCOCCCC(=O)COCCOCCNC(=O)CN1CCN(COC=O)CCN(COC=O)CCN(CC(=O)O)CC1. The summed E-state index contributed by atoms with van der Waals surface area (Å²) in [7, 11) is 0. The molecular formula is C76H138N12O26. The summed E-state index contributed by atoms with van der Waals surface area (Å²) >= 11 is 0. The average Bonchev–Trinajstić information content (AvgIpc) is 0.908. The molecule has 0 radical (unpaired) electrons. The van der Waals surface area contributed by atoms with E-state index in [1.807, 2.05) is 35.5 Å². The topological polar surface area (TPSA) is 506 Å². The maximum atomic E-state index is 12.9. The second-order valence-electron chi connectivity index (χ2n) is 27.0. The van der Waals surface area contributed by atoms with E-state index >= 15 is 0 Å². The van der Waals surface area contributed by atoms with Gasteiger partial charge in [0.2, 0.25) is 35.4 Å². The van der Waals surface area contributed by atoms with E-state index < -0.39 is 11.9 Å². The molecule has 1 fully saturated rings. The Balaban J connectivity index is 0. The largest absolute Gasteiger partial charge is 0.480 e. The van der Waals surface area contributed by atoms with E-state index in [9.17, 15) is 77.0 Å². The van der Waals surface area contributed by atoms with Gasteiger partial charge in [-0.1, -0.05) is 52.9 Å². The van der Waals surface area contributed by atoms with Crippen LogP contribution in [0.3, 0.4) is 0 Å². The number of carbonyl (C=O) groups is 15. The molecule has 0 aromatic rings. The standard InChI is InChI=1S/C63H112N10O23.C9H18N2O2.C4H8O/c1-3-52(62(64)85)12-6-5-7-14-54(76)42-90-36-37-92-46-65-39-57(79)45-91-35-33-87-30-19-68-59(81)17-10-16-58(80)67-18-9-8-13-53(63(86)66-4-2)38-56(78)44-94-51-93-29-11-15-55(77)43-89-34-32-88-31-20-69-60(82)40-70-21-22-71(41-61(83)84)24-26-73(48-96-50-75)28-27-72(25-23-70)47-95-49-74;1-3-4-5-8(9(10)13)11-6-7(2)12;1-3-4(2)5/h49-50,52-53,65H,3-48,51H2,1-2H3,(H2,64,85)(H,66,86)(H,67,80)(H,68,81)(H,69,82)(H,83,84);8,11H,3-6H2,1-2H3,(H2,10,13);3H2,1-2H3/t52?,53-;8-;/m10./s1. The summed E-state index contributed by atoms with van der Waals surface area (Å²) in [5.74, 6) is -3.58. The minimum atomic E-state index is -0.994. The first-order valence-corrected chi connectivity index (χ1v) is 39.8. The molecule has 114 heavy (non-hydrogen) atoms. The zero-order valence-electron chi connectivity index (χ0n) is 68.8. The highest BCUT2D eigenvalue weighted by Crippen LogP contribution is 2.16. The molecule has 0 aromatic heterocycles. The Bertz CT molecular complexity index is 2660. The van der Waals surface area contributed by atoms with E-state index in [0.29, 0.717) is 130 Å². The number of carboxylic acids is 1. The van der Waals surface area contributed by atoms with Gasteiger partial charge in [-0.2, -0.15) is 0 Å². The molecule has 0 bridgehead atoms. The van der Waals surface area contributed by atoms with Gasteiger partial charge in [0.15, 0.2) is 23.1 Å². The molecule has 0 aromatic carbocycles. The number of aliphatic carboxylic acids is 1. The van der Waals surface area contributed by atoms with Crippen LogP contribution in [0, 0.1) is 11.8 Å². The smallest absolute Gasteiger partial charge is 0.317 e. The molecule has 1 aliphatic heterocycles. The van der Waals surface area contributed by atoms with Gasteiger partial charge in [-0.05, 0) is 72.1 Å². The normalized spacial score (nSPS) is 13.8. The van der Waals surface area contributed by atoms with E-state index in [4.69, 9.17) is 58.8 Å². The Labute approximate surface area is 672 Å². The van der Waals surface area contributed by atoms with Crippen molar-refractivity contribution >= 4 is 89.1 Å². The van der Waals surface area contributed by atoms with Crippen molar-refractivity contribution in [3.8, 4) is 0 Å². The van der Waals surface area contributed by atoms with Crippen LogP contribution in [0.15, 0.2) is 0 Å². The molecule has 658 valence electrons. The summed E-state index contributed by atoms with van der Waals surface area (Å²) in [5, 5.41) is 26.3. The van der Waals surface area contributed by atoms with Gasteiger partial charge in [0.05, 0.1) is 91.8 Å². The van der Waals surface area contributed by atoms with Gasteiger partial charge in [-0.15, -0.1) is 0 Å². The van der Waals surface area contributed by atoms with Gasteiger partial charge in [-0.3, -0.25) is 97.4 Å². The number of nitrogens with zero attached hydrogens (tertiary/aromatic N) is 4. The lowest BCUT2D eigenvalue weighted by molar-refractivity contribution is -0.139. The second kappa shape index (κ2) is 77.0. The molecule has 1 unspecified atom stereocenters. The van der Waals surface area contributed by atoms with Gasteiger partial charge >= 0.3 is 5.97 Å². The molecule has 11 N–H and O–H groups in total. The van der Waals surface area contributed by atoms with Crippen molar-refractivity contribution in [3.05, 3.63) is 0 Å². The Morgan fingerprint density at radius 2 is 0.930 bits per heavy atom. The number of hydrogen-bond donors (Lipinski definition) is 9. The van der Waals surface area contributed by atoms with Crippen molar-refractivity contribution in [1.82, 2.24) is 51.5 Å². The van der Waals surface area contributed by atoms with Crippen LogP contribution in [0.5, 0.6) is 0 Å². The molecular weight excluding hydrogens is 1500 g/mol. The van der Waals surface area contributed by atoms with Crippen molar-refractivity contribution < 1.29 is 124 Å². The number of ketones is 6. The number of carboxylic acid groups (broad SMARTS) is 1. The Kier molecular flexibility index (Phi) is 73.4. The minimum Gasteiger partial charge on any atom is -0.480 e. The number of primary amides is 2. The molecule has 1 heterocycles. The number of unbranched alkanes of at least 4 members (excludes halogenated alkanes) is 4. The molecule has 3 atom stereocenters. The summed E-state index contributed by atoms with van der Waals surface area (Å²) in [6, 6.07) is -0.358. The Morgan fingerprint density at radius 1 is 0.439 bits per heavy atom. The van der Waals surface area contributed by atoms with Crippen LogP contribution >= 0.6 is 0 Å². The van der Waals surface area contributed by atoms with Crippen LogP contribution < -0.4 is 43.4 Å². The van der Waals surface area contributed by atoms with Crippen molar-refractivity contribution in [3.63, 3.8) is 0 Å². The zero-order valence-corrected chi connectivity index (χ0v) is 68.8. The van der Waals surface area contributed by atoms with Crippen LogP contribution in [-0.2, 0) is 119 Å². The minimum absolute atomic E-state index is 0.00886. The summed E-state index contributed by atoms with van der Waals surface area (Å²) in [5.41, 5.74) is 10.5. The van der Waals surface area contributed by atoms with Crippen LogP contribution in [0.1, 0.15) is 164 Å². The van der Waals surface area contributed by atoms with E-state index in [2.05, 4.69) is 31.9 Å². The van der Waals surface area contributed by atoms with E-state index in [-0.39, 0.29) is 260 Å². The molecule has 0 spiro atoms. The van der Waals surface area contributed by atoms with Gasteiger partial charge in [0.25, 0.3) is 12.9 Å². The summed E-state index contributed by atoms with van der Waals surface area (Å²) in [4.78, 5) is 183. The van der Waals surface area contributed by atoms with Crippen LogP contribution in [0.25, 0.3) is 0 Å². The number of amides is 6. The van der Waals surface area contributed by atoms with Gasteiger partial charge in [0, 0.05) is 136 Å². The number of nitrogens with one attached hydrogen (secondary N) is 6. The monoisotopic (exact) mass is 1630 g/mol. The van der Waals surface area contributed by atoms with E-state index in [1.54, 1.807) is 18.7 Å². The quantitative estimate of drug-likeness (QED) is 0.0215. The number of carbonyl (C=O) groups excluding carboxylic acids is 14. The summed E-state index contributed by atoms with van der Waals surface area (Å²) in [6.45, 7) is 17.4. The first kappa shape index (κ1) is 109. The third-order valence-electron chi connectivity index (χ3n) is 17.0. The fourth-order valence-electron chi connectivity index (χ4n) is 10.5. The lowest BCUT2D eigenvalue weighted by Crippen LogP contribution is -2.49. The van der Waals surface area contributed by atoms with Gasteiger partial charge in [-0.25, -0.2) is 0 Å². The number of Topliss-reactive ketones (excluding diaryl/α,β-unsaturated/α-hetero) is 6. The molecule has 1 rings (SSSR count). The first-order valence-electron chi connectivity index (χ1n) is 39.8. The number of hydrogen-bond acceptors (Lipinski definition) is 31. The van der Waals surface area contributed by atoms with Crippen molar-refractivity contribution in [2.75, 3.05) is 218 Å². The fraction of sp³-hybridized carbons (Fsp3) is 0.803. The Hall–Kier alpha value is -7.31. The first-order chi connectivity index (χ1) is 54.8. The van der Waals surface area contributed by atoms with E-state index in [0.717, 1.165) is 44.9 Å². The Morgan fingerprint density at radius 3 is 1.44 bits per heavy atom. The summed E-state index contributed by atoms with van der Waals surface area (Å²) < 4.78 is 53.2. The highest BCUT2D eigenvalue weighted by atomic mass is 16.7. The molecule has 0 aliphatic carbocycles. The lowest BCUT2D eigenvalue weighted by atomic mass is 9.95. The average molecular weight is 1640 g/mol.